The number of alkyl halides is 6. The Hall–Kier alpha value is -3.28. The van der Waals surface area contributed by atoms with Crippen LogP contribution in [0.15, 0.2) is 47.2 Å². The van der Waals surface area contributed by atoms with Crippen LogP contribution in [0.25, 0.3) is 33.9 Å². The van der Waals surface area contributed by atoms with Crippen molar-refractivity contribution in [2.75, 3.05) is 0 Å². The van der Waals surface area contributed by atoms with E-state index in [1.165, 1.54) is 0 Å². The molecule has 4 aromatic rings. The van der Waals surface area contributed by atoms with Gasteiger partial charge in [-0.2, -0.15) is 31.3 Å². The second-order valence-corrected chi connectivity index (χ2v) is 6.99. The van der Waals surface area contributed by atoms with Gasteiger partial charge in [0.2, 0.25) is 5.82 Å². The molecule has 0 spiro atoms. The van der Waals surface area contributed by atoms with Crippen LogP contribution in [0, 0.1) is 0 Å². The quantitative estimate of drug-likeness (QED) is 0.324. The first-order valence-corrected chi connectivity index (χ1v) is 9.13. The second-order valence-electron chi connectivity index (χ2n) is 6.99. The van der Waals surface area contributed by atoms with Crippen molar-refractivity contribution in [3.8, 4) is 28.6 Å². The third-order valence-corrected chi connectivity index (χ3v) is 4.71. The zero-order valence-corrected chi connectivity index (χ0v) is 17.7. The predicted octanol–water partition coefficient (Wildman–Crippen LogP) is 6.06. The van der Waals surface area contributed by atoms with Crippen LogP contribution in [-0.2, 0) is 13.2 Å². The van der Waals surface area contributed by atoms with E-state index in [2.05, 4.69) is 19.9 Å². The summed E-state index contributed by atoms with van der Waals surface area (Å²) in [5.74, 6) is -1.07. The summed E-state index contributed by atoms with van der Waals surface area (Å²) in [7, 11) is 1.82. The van der Waals surface area contributed by atoms with Crippen LogP contribution in [0.4, 0.5) is 26.3 Å². The van der Waals surface area contributed by atoms with Gasteiger partial charge in [0, 0.05) is 18.2 Å². The predicted molar refractivity (Wildman–Crippen MR) is 108 cm³/mol. The molecule has 0 saturated heterocycles. The number of imidazole rings is 1. The Bertz CT molecular complexity index is 1280. The van der Waals surface area contributed by atoms with Gasteiger partial charge >= 0.3 is 12.4 Å². The number of fused-ring (bicyclic) bond motifs is 1. The largest absolute Gasteiger partial charge is 0.481 e. The standard InChI is InChI=1S/C20H14F6N4O2.ClH/c1-10(19(21,22)23)31-16-6-4-12(7-13(16)20(24,25)26)18-28-17(29-32-18)11-3-5-15-14(8-11)27-9-30(15)2;/h3-10H,1-2H3;1H. The minimum atomic E-state index is -4.97. The number of aryl methyl sites for hydroxylation is 1. The topological polar surface area (TPSA) is 66.0 Å². The Morgan fingerprint density at radius 2 is 1.70 bits per heavy atom. The number of halogens is 7. The van der Waals surface area contributed by atoms with Crippen molar-refractivity contribution in [2.45, 2.75) is 25.4 Å². The lowest BCUT2D eigenvalue weighted by molar-refractivity contribution is -0.191. The van der Waals surface area contributed by atoms with Crippen LogP contribution in [0.1, 0.15) is 12.5 Å². The fraction of sp³-hybridized carbons (Fsp3) is 0.250. The van der Waals surface area contributed by atoms with Gasteiger partial charge in [0.15, 0.2) is 6.10 Å². The lowest BCUT2D eigenvalue weighted by atomic mass is 10.1. The van der Waals surface area contributed by atoms with Gasteiger partial charge in [-0.25, -0.2) is 4.98 Å². The lowest BCUT2D eigenvalue weighted by Crippen LogP contribution is -2.31. The maximum atomic E-state index is 13.5. The molecule has 0 bridgehead atoms. The molecule has 0 fully saturated rings. The molecule has 0 N–H and O–H groups in total. The number of hydrogen-bond acceptors (Lipinski definition) is 5. The van der Waals surface area contributed by atoms with E-state index in [-0.39, 0.29) is 29.7 Å². The third kappa shape index (κ3) is 4.90. The van der Waals surface area contributed by atoms with Gasteiger partial charge in [-0.3, -0.25) is 0 Å². The average Bonchev–Trinajstić information content (AvgIpc) is 3.34. The molecule has 0 aliphatic rings. The molecule has 4 rings (SSSR count). The fourth-order valence-electron chi connectivity index (χ4n) is 2.98. The van der Waals surface area contributed by atoms with E-state index in [1.807, 2.05) is 11.6 Å². The van der Waals surface area contributed by atoms with Gasteiger partial charge in [0.05, 0.1) is 22.9 Å². The number of benzene rings is 2. The molecule has 2 aromatic carbocycles. The van der Waals surface area contributed by atoms with E-state index in [1.54, 1.807) is 24.5 Å². The SMILES string of the molecule is CC(Oc1ccc(-c2nc(-c3ccc4c(c3)ncn4C)no2)cc1C(F)(F)F)C(F)(F)F.Cl. The highest BCUT2D eigenvalue weighted by Crippen LogP contribution is 2.40. The number of ether oxygens (including phenoxy) is 1. The van der Waals surface area contributed by atoms with Gasteiger partial charge in [0.1, 0.15) is 5.75 Å². The fourth-order valence-corrected chi connectivity index (χ4v) is 2.98. The Morgan fingerprint density at radius 1 is 1.00 bits per heavy atom. The van der Waals surface area contributed by atoms with Crippen LogP contribution in [0.3, 0.4) is 0 Å². The second kappa shape index (κ2) is 8.58. The van der Waals surface area contributed by atoms with E-state index in [9.17, 15) is 26.3 Å². The molecule has 0 aliphatic carbocycles. The minimum Gasteiger partial charge on any atom is -0.481 e. The first-order chi connectivity index (χ1) is 14.9. The molecule has 13 heteroatoms. The van der Waals surface area contributed by atoms with Crippen molar-refractivity contribution < 1.29 is 35.6 Å². The molecule has 176 valence electrons. The summed E-state index contributed by atoms with van der Waals surface area (Å²) in [5.41, 5.74) is 0.538. The van der Waals surface area contributed by atoms with Gasteiger partial charge < -0.3 is 13.8 Å². The Kier molecular flexibility index (Phi) is 6.33. The molecule has 0 radical (unpaired) electrons. The zero-order valence-electron chi connectivity index (χ0n) is 16.9. The molecule has 0 saturated carbocycles. The summed E-state index contributed by atoms with van der Waals surface area (Å²) in [6, 6.07) is 7.70. The normalized spacial score (nSPS) is 13.1. The number of nitrogens with zero attached hydrogens (tertiary/aromatic N) is 4. The van der Waals surface area contributed by atoms with Crippen LogP contribution in [-0.4, -0.2) is 32.0 Å². The summed E-state index contributed by atoms with van der Waals surface area (Å²) >= 11 is 0. The van der Waals surface area contributed by atoms with Crippen molar-refractivity contribution in [1.82, 2.24) is 19.7 Å². The molecule has 0 amide bonds. The Morgan fingerprint density at radius 3 is 2.36 bits per heavy atom. The van der Waals surface area contributed by atoms with E-state index in [0.29, 0.717) is 24.1 Å². The summed E-state index contributed by atoms with van der Waals surface area (Å²) in [6.07, 6.45) is -10.6. The third-order valence-electron chi connectivity index (χ3n) is 4.71. The van der Waals surface area contributed by atoms with Crippen molar-refractivity contribution in [2.24, 2.45) is 7.05 Å². The maximum absolute atomic E-state index is 13.5. The van der Waals surface area contributed by atoms with Crippen molar-refractivity contribution >= 4 is 23.4 Å². The smallest absolute Gasteiger partial charge is 0.425 e. The van der Waals surface area contributed by atoms with Gasteiger partial charge in [-0.15, -0.1) is 12.4 Å². The maximum Gasteiger partial charge on any atom is 0.425 e. The number of aromatic nitrogens is 4. The van der Waals surface area contributed by atoms with Crippen molar-refractivity contribution in [3.63, 3.8) is 0 Å². The van der Waals surface area contributed by atoms with Crippen molar-refractivity contribution in [3.05, 3.63) is 48.3 Å². The number of hydrogen-bond donors (Lipinski definition) is 0. The average molecular weight is 493 g/mol. The molecular weight excluding hydrogens is 478 g/mol. The monoisotopic (exact) mass is 492 g/mol. The number of rotatable bonds is 4. The molecule has 2 aromatic heterocycles. The molecular formula is C20H15ClF6N4O2. The van der Waals surface area contributed by atoms with Gasteiger partial charge in [-0.05, 0) is 43.3 Å². The zero-order chi connectivity index (χ0) is 23.3. The van der Waals surface area contributed by atoms with E-state index < -0.39 is 29.8 Å². The highest BCUT2D eigenvalue weighted by atomic mass is 35.5. The van der Waals surface area contributed by atoms with E-state index in [0.717, 1.165) is 17.6 Å². The highest BCUT2D eigenvalue weighted by Gasteiger charge is 2.41. The van der Waals surface area contributed by atoms with Crippen LogP contribution < -0.4 is 4.74 Å². The van der Waals surface area contributed by atoms with Crippen LogP contribution in [0.5, 0.6) is 5.75 Å². The van der Waals surface area contributed by atoms with E-state index >= 15 is 0 Å². The van der Waals surface area contributed by atoms with Crippen LogP contribution in [0.2, 0.25) is 0 Å². The molecule has 33 heavy (non-hydrogen) atoms. The van der Waals surface area contributed by atoms with Gasteiger partial charge in [0.25, 0.3) is 5.89 Å². The lowest BCUT2D eigenvalue weighted by Gasteiger charge is -2.20. The summed E-state index contributed by atoms with van der Waals surface area (Å²) in [5, 5.41) is 3.79. The first-order valence-electron chi connectivity index (χ1n) is 9.13. The summed E-state index contributed by atoms with van der Waals surface area (Å²) < 4.78 is 90.0. The molecule has 1 unspecified atom stereocenters. The van der Waals surface area contributed by atoms with Crippen molar-refractivity contribution in [1.29, 1.82) is 0 Å². The summed E-state index contributed by atoms with van der Waals surface area (Å²) in [6.45, 7) is 0.622. The van der Waals surface area contributed by atoms with Gasteiger partial charge in [-0.1, -0.05) is 5.16 Å². The minimum absolute atomic E-state index is 0. The summed E-state index contributed by atoms with van der Waals surface area (Å²) in [4.78, 5) is 8.33. The molecule has 6 nitrogen and oxygen atoms in total. The molecule has 1 atom stereocenters. The van der Waals surface area contributed by atoms with Crippen LogP contribution >= 0.6 is 12.4 Å². The Balaban J connectivity index is 0.00000306. The van der Waals surface area contributed by atoms with E-state index in [4.69, 9.17) is 4.52 Å². The Labute approximate surface area is 188 Å². The first kappa shape index (κ1) is 24.4. The highest BCUT2D eigenvalue weighted by molar-refractivity contribution is 5.85. The molecule has 0 aliphatic heterocycles. The molecule has 2 heterocycles.